The van der Waals surface area contributed by atoms with E-state index < -0.39 is 0 Å². The summed E-state index contributed by atoms with van der Waals surface area (Å²) in [6, 6.07) is 14.6. The fourth-order valence-electron chi connectivity index (χ4n) is 2.48. The van der Waals surface area contributed by atoms with Gasteiger partial charge in [-0.2, -0.15) is 0 Å². The summed E-state index contributed by atoms with van der Waals surface area (Å²) in [5.74, 6) is 0.264. The van der Waals surface area contributed by atoms with Crippen LogP contribution in [-0.4, -0.2) is 24.0 Å². The number of hydrogen-bond donors (Lipinski definition) is 1. The molecule has 0 saturated carbocycles. The summed E-state index contributed by atoms with van der Waals surface area (Å²) in [6.45, 7) is 1.28. The lowest BCUT2D eigenvalue weighted by atomic mass is 10.1. The van der Waals surface area contributed by atoms with Gasteiger partial charge in [-0.25, -0.2) is 0 Å². The zero-order chi connectivity index (χ0) is 13.2. The van der Waals surface area contributed by atoms with E-state index in [0.29, 0.717) is 12.1 Å². The highest BCUT2D eigenvalue weighted by atomic mass is 16.3. The van der Waals surface area contributed by atoms with E-state index >= 15 is 0 Å². The van der Waals surface area contributed by atoms with E-state index in [9.17, 15) is 9.90 Å². The van der Waals surface area contributed by atoms with Crippen LogP contribution in [0.2, 0.25) is 0 Å². The number of fused-ring (bicyclic) bond motifs is 1. The molecule has 3 nitrogen and oxygen atoms in total. The van der Waals surface area contributed by atoms with Gasteiger partial charge in [0.1, 0.15) is 5.75 Å². The minimum atomic E-state index is 0.0803. The maximum atomic E-state index is 12.2. The number of phenols is 1. The molecule has 2 aromatic carbocycles. The second-order valence-corrected chi connectivity index (χ2v) is 4.77. The van der Waals surface area contributed by atoms with Gasteiger partial charge in [0.05, 0.1) is 6.54 Å². The van der Waals surface area contributed by atoms with Crippen LogP contribution in [0.25, 0.3) is 0 Å². The number of carbonyl (C=O) groups is 1. The number of hydrogen-bond acceptors (Lipinski definition) is 3. The normalized spacial score (nSPS) is 13.4. The zero-order valence-corrected chi connectivity index (χ0v) is 10.5. The van der Waals surface area contributed by atoms with Crippen LogP contribution in [0.4, 0.5) is 5.69 Å². The van der Waals surface area contributed by atoms with Crippen LogP contribution in [0.15, 0.2) is 48.5 Å². The SMILES string of the molecule is O=C(CN1CCc2ccccc21)c1ccc(O)cc1. The lowest BCUT2D eigenvalue weighted by Crippen LogP contribution is -2.27. The van der Waals surface area contributed by atoms with Gasteiger partial charge in [0.25, 0.3) is 0 Å². The molecule has 1 heterocycles. The molecule has 0 spiro atoms. The highest BCUT2D eigenvalue weighted by molar-refractivity contribution is 5.99. The van der Waals surface area contributed by atoms with E-state index in [1.54, 1.807) is 24.3 Å². The van der Waals surface area contributed by atoms with Crippen molar-refractivity contribution in [1.29, 1.82) is 0 Å². The Bertz CT molecular complexity index is 604. The van der Waals surface area contributed by atoms with Gasteiger partial charge in [-0.05, 0) is 42.3 Å². The Morgan fingerprint density at radius 3 is 2.63 bits per heavy atom. The Morgan fingerprint density at radius 1 is 1.11 bits per heavy atom. The molecule has 96 valence electrons. The van der Waals surface area contributed by atoms with Crippen molar-refractivity contribution in [1.82, 2.24) is 0 Å². The molecule has 2 aromatic rings. The third kappa shape index (κ3) is 2.32. The van der Waals surface area contributed by atoms with Crippen molar-refractivity contribution in [2.24, 2.45) is 0 Å². The van der Waals surface area contributed by atoms with Crippen LogP contribution in [0.3, 0.4) is 0 Å². The van der Waals surface area contributed by atoms with Crippen molar-refractivity contribution >= 4 is 11.5 Å². The minimum absolute atomic E-state index is 0.0803. The molecule has 0 aromatic heterocycles. The van der Waals surface area contributed by atoms with E-state index in [1.807, 2.05) is 12.1 Å². The Balaban J connectivity index is 1.76. The Morgan fingerprint density at radius 2 is 1.84 bits per heavy atom. The van der Waals surface area contributed by atoms with Gasteiger partial charge < -0.3 is 10.0 Å². The molecule has 19 heavy (non-hydrogen) atoms. The van der Waals surface area contributed by atoms with Crippen LogP contribution >= 0.6 is 0 Å². The number of Topliss-reactive ketones (excluding diaryl/α,β-unsaturated/α-hetero) is 1. The number of ketones is 1. The van der Waals surface area contributed by atoms with Gasteiger partial charge in [0.15, 0.2) is 5.78 Å². The molecule has 0 atom stereocenters. The van der Waals surface area contributed by atoms with Crippen LogP contribution in [0.5, 0.6) is 5.75 Å². The molecule has 3 heteroatoms. The van der Waals surface area contributed by atoms with Crippen molar-refractivity contribution in [2.45, 2.75) is 6.42 Å². The highest BCUT2D eigenvalue weighted by Gasteiger charge is 2.20. The Hall–Kier alpha value is -2.29. The summed E-state index contributed by atoms with van der Waals surface area (Å²) >= 11 is 0. The molecule has 0 saturated heterocycles. The van der Waals surface area contributed by atoms with Gasteiger partial charge >= 0.3 is 0 Å². The summed E-state index contributed by atoms with van der Waals surface area (Å²) in [7, 11) is 0. The van der Waals surface area contributed by atoms with Crippen molar-refractivity contribution in [2.75, 3.05) is 18.0 Å². The molecule has 0 amide bonds. The van der Waals surface area contributed by atoms with E-state index in [1.165, 1.54) is 5.56 Å². The average Bonchev–Trinajstić information content (AvgIpc) is 2.83. The topological polar surface area (TPSA) is 40.5 Å². The molecule has 1 aliphatic rings. The molecule has 0 unspecified atom stereocenters. The molecular weight excluding hydrogens is 238 g/mol. The lowest BCUT2D eigenvalue weighted by Gasteiger charge is -2.18. The highest BCUT2D eigenvalue weighted by Crippen LogP contribution is 2.27. The van der Waals surface area contributed by atoms with Crippen LogP contribution < -0.4 is 4.90 Å². The van der Waals surface area contributed by atoms with Gasteiger partial charge in [0, 0.05) is 17.8 Å². The van der Waals surface area contributed by atoms with Crippen LogP contribution in [-0.2, 0) is 6.42 Å². The first-order valence-electron chi connectivity index (χ1n) is 6.39. The van der Waals surface area contributed by atoms with E-state index in [2.05, 4.69) is 17.0 Å². The van der Waals surface area contributed by atoms with E-state index in [-0.39, 0.29) is 11.5 Å². The fourth-order valence-corrected chi connectivity index (χ4v) is 2.48. The van der Waals surface area contributed by atoms with Crippen LogP contribution in [0.1, 0.15) is 15.9 Å². The smallest absolute Gasteiger partial charge is 0.182 e. The minimum Gasteiger partial charge on any atom is -0.508 e. The van der Waals surface area contributed by atoms with Gasteiger partial charge in [-0.15, -0.1) is 0 Å². The van der Waals surface area contributed by atoms with E-state index in [4.69, 9.17) is 0 Å². The summed E-state index contributed by atoms with van der Waals surface area (Å²) < 4.78 is 0. The van der Waals surface area contributed by atoms with E-state index in [0.717, 1.165) is 18.7 Å². The first kappa shape index (κ1) is 11.8. The average molecular weight is 253 g/mol. The maximum absolute atomic E-state index is 12.2. The Labute approximate surface area is 112 Å². The van der Waals surface area contributed by atoms with Gasteiger partial charge in [-0.1, -0.05) is 18.2 Å². The number of anilines is 1. The lowest BCUT2D eigenvalue weighted by molar-refractivity contribution is 0.0999. The number of benzene rings is 2. The van der Waals surface area contributed by atoms with Crippen molar-refractivity contribution in [3.05, 3.63) is 59.7 Å². The monoisotopic (exact) mass is 253 g/mol. The van der Waals surface area contributed by atoms with Crippen molar-refractivity contribution in [3.63, 3.8) is 0 Å². The van der Waals surface area contributed by atoms with Crippen LogP contribution in [0, 0.1) is 0 Å². The second kappa shape index (κ2) is 4.76. The number of para-hydroxylation sites is 1. The predicted octanol–water partition coefficient (Wildman–Crippen LogP) is 2.64. The number of rotatable bonds is 3. The quantitative estimate of drug-likeness (QED) is 0.855. The summed E-state index contributed by atoms with van der Waals surface area (Å²) in [5.41, 5.74) is 3.11. The summed E-state index contributed by atoms with van der Waals surface area (Å²) in [6.07, 6.45) is 0.999. The zero-order valence-electron chi connectivity index (χ0n) is 10.5. The number of nitrogens with zero attached hydrogens (tertiary/aromatic N) is 1. The van der Waals surface area contributed by atoms with Crippen molar-refractivity contribution < 1.29 is 9.90 Å². The third-order valence-corrected chi connectivity index (χ3v) is 3.51. The summed E-state index contributed by atoms with van der Waals surface area (Å²) in [4.78, 5) is 14.3. The molecule has 0 radical (unpaired) electrons. The molecule has 0 aliphatic carbocycles. The first-order chi connectivity index (χ1) is 9.24. The second-order valence-electron chi connectivity index (χ2n) is 4.77. The summed E-state index contributed by atoms with van der Waals surface area (Å²) in [5, 5.41) is 9.23. The first-order valence-corrected chi connectivity index (χ1v) is 6.39. The molecule has 1 N–H and O–H groups in total. The van der Waals surface area contributed by atoms with Gasteiger partial charge in [-0.3, -0.25) is 4.79 Å². The fraction of sp³-hybridized carbons (Fsp3) is 0.188. The van der Waals surface area contributed by atoms with Gasteiger partial charge in [0.2, 0.25) is 0 Å². The standard InChI is InChI=1S/C16H15NO2/c18-14-7-5-13(6-8-14)16(19)11-17-10-9-12-3-1-2-4-15(12)17/h1-8,18H,9-11H2. The predicted molar refractivity (Wildman–Crippen MR) is 74.8 cm³/mol. The Kier molecular flexibility index (Phi) is 2.95. The van der Waals surface area contributed by atoms with Crippen molar-refractivity contribution in [3.8, 4) is 5.75 Å². The maximum Gasteiger partial charge on any atom is 0.182 e. The largest absolute Gasteiger partial charge is 0.508 e. The molecule has 3 rings (SSSR count). The number of aromatic hydroxyl groups is 1. The molecule has 0 fully saturated rings. The number of carbonyl (C=O) groups excluding carboxylic acids is 1. The third-order valence-electron chi connectivity index (χ3n) is 3.51. The molecule has 0 bridgehead atoms. The molecule has 1 aliphatic heterocycles. The molecular formula is C16H15NO2. The number of phenolic OH excluding ortho intramolecular Hbond substituents is 1.